The average molecular weight is 532 g/mol. The summed E-state index contributed by atoms with van der Waals surface area (Å²) in [5.74, 6) is -4.35. The number of ether oxygens (including phenoxy) is 2. The lowest BCUT2D eigenvalue weighted by molar-refractivity contribution is -0.154. The highest BCUT2D eigenvalue weighted by atomic mass is 19.4. The molecule has 0 bridgehead atoms. The molecule has 0 aliphatic carbocycles. The maximum atomic E-state index is 13.0. The van der Waals surface area contributed by atoms with Crippen LogP contribution in [0.5, 0.6) is 11.5 Å². The maximum Gasteiger partial charge on any atom is 0.422 e. The highest BCUT2D eigenvalue weighted by molar-refractivity contribution is 5.81. The Morgan fingerprint density at radius 2 is 1.28 bits per heavy atom. The Morgan fingerprint density at radius 3 is 1.61 bits per heavy atom. The number of hydrogen-bond donors (Lipinski definition) is 1. The van der Waals surface area contributed by atoms with Crippen molar-refractivity contribution in [1.29, 1.82) is 0 Å². The molecule has 2 rings (SSSR count). The van der Waals surface area contributed by atoms with Gasteiger partial charge in [0.05, 0.1) is 17.0 Å². The van der Waals surface area contributed by atoms with Gasteiger partial charge < -0.3 is 14.6 Å². The first-order valence-electron chi connectivity index (χ1n) is 10.3. The highest BCUT2D eigenvalue weighted by Gasteiger charge is 2.34. The Balaban J connectivity index is 2.76. The quantitative estimate of drug-likeness (QED) is 0.341. The summed E-state index contributed by atoms with van der Waals surface area (Å²) in [4.78, 5) is 11.8. The van der Waals surface area contributed by atoms with Gasteiger partial charge in [0.15, 0.2) is 13.2 Å². The van der Waals surface area contributed by atoms with E-state index in [4.69, 9.17) is 9.47 Å². The van der Waals surface area contributed by atoms with Crippen molar-refractivity contribution in [3.63, 3.8) is 0 Å². The fourth-order valence-electron chi connectivity index (χ4n) is 3.32. The number of carboxylic acid groups (broad SMARTS) is 1. The van der Waals surface area contributed by atoms with Crippen LogP contribution in [-0.2, 0) is 11.0 Å². The van der Waals surface area contributed by atoms with E-state index in [0.29, 0.717) is 12.1 Å². The van der Waals surface area contributed by atoms with Crippen LogP contribution in [0, 0.1) is 5.92 Å². The summed E-state index contributed by atoms with van der Waals surface area (Å²) in [5.41, 5.74) is -2.03. The molecule has 0 amide bonds. The van der Waals surface area contributed by atoms with Gasteiger partial charge in [-0.25, -0.2) is 0 Å². The minimum atomic E-state index is -4.88. The highest BCUT2D eigenvalue weighted by Crippen LogP contribution is 2.44. The van der Waals surface area contributed by atoms with E-state index in [1.54, 1.807) is 13.8 Å². The molecule has 0 saturated heterocycles. The predicted molar refractivity (Wildman–Crippen MR) is 110 cm³/mol. The van der Waals surface area contributed by atoms with Crippen molar-refractivity contribution in [2.24, 2.45) is 5.92 Å². The number of carboxylic acids is 1. The third-order valence-electron chi connectivity index (χ3n) is 4.78. The average Bonchev–Trinajstić information content (AvgIpc) is 2.72. The summed E-state index contributed by atoms with van der Waals surface area (Å²) in [6.45, 7) is -0.473. The molecular formula is C23H21F9O4. The van der Waals surface area contributed by atoms with E-state index in [1.165, 1.54) is 0 Å². The van der Waals surface area contributed by atoms with Crippen LogP contribution in [0.25, 0.3) is 11.1 Å². The molecule has 0 fully saturated rings. The molecule has 1 N–H and O–H groups in total. The van der Waals surface area contributed by atoms with Crippen LogP contribution in [0.4, 0.5) is 39.5 Å². The van der Waals surface area contributed by atoms with Gasteiger partial charge in [0, 0.05) is 0 Å². The van der Waals surface area contributed by atoms with Crippen molar-refractivity contribution in [2.75, 3.05) is 13.2 Å². The number of halogens is 9. The monoisotopic (exact) mass is 532 g/mol. The van der Waals surface area contributed by atoms with Gasteiger partial charge in [-0.05, 0) is 47.7 Å². The molecule has 0 aromatic heterocycles. The Morgan fingerprint density at radius 1 is 0.833 bits per heavy atom. The molecule has 0 spiro atoms. The summed E-state index contributed by atoms with van der Waals surface area (Å²) in [6, 6.07) is 4.68. The molecule has 4 nitrogen and oxygen atoms in total. The van der Waals surface area contributed by atoms with E-state index in [0.717, 1.165) is 24.3 Å². The molecule has 1 atom stereocenters. The van der Waals surface area contributed by atoms with E-state index in [9.17, 15) is 49.4 Å². The van der Waals surface area contributed by atoms with Crippen molar-refractivity contribution in [1.82, 2.24) is 0 Å². The standard InChI is InChI=1S/C23H21F9O4/c1-12(2)7-16(20(33)34)14-8-17(35-10-21(24,25)26)19(18(9-14)36-11-22(27,28)29)13-3-5-15(6-4-13)23(30,31)32/h3-6,8-9,12,16H,7,10-11H2,1-2H3,(H,33,34). The molecule has 0 heterocycles. The van der Waals surface area contributed by atoms with Crippen molar-refractivity contribution >= 4 is 5.97 Å². The van der Waals surface area contributed by atoms with E-state index in [1.807, 2.05) is 0 Å². The van der Waals surface area contributed by atoms with Crippen LogP contribution in [0.15, 0.2) is 36.4 Å². The van der Waals surface area contributed by atoms with E-state index >= 15 is 0 Å². The first kappa shape index (κ1) is 29.1. The van der Waals surface area contributed by atoms with Crippen molar-refractivity contribution < 1.29 is 58.9 Å². The topological polar surface area (TPSA) is 55.8 Å². The number of rotatable bonds is 9. The van der Waals surface area contributed by atoms with Gasteiger partial charge in [-0.15, -0.1) is 0 Å². The van der Waals surface area contributed by atoms with Crippen molar-refractivity contribution in [3.8, 4) is 22.6 Å². The molecule has 0 saturated carbocycles. The fraction of sp³-hybridized carbons (Fsp3) is 0.435. The van der Waals surface area contributed by atoms with E-state index < -0.39 is 66.3 Å². The van der Waals surface area contributed by atoms with Crippen LogP contribution in [0.2, 0.25) is 0 Å². The number of alkyl halides is 9. The number of benzene rings is 2. The smallest absolute Gasteiger partial charge is 0.422 e. The second kappa shape index (κ2) is 10.9. The molecule has 2 aromatic carbocycles. The first-order chi connectivity index (χ1) is 16.4. The zero-order chi connectivity index (χ0) is 27.5. The zero-order valence-electron chi connectivity index (χ0n) is 18.8. The molecule has 13 heteroatoms. The second-order valence-corrected chi connectivity index (χ2v) is 8.30. The molecule has 36 heavy (non-hydrogen) atoms. The van der Waals surface area contributed by atoms with Crippen molar-refractivity contribution in [3.05, 3.63) is 47.5 Å². The summed E-state index contributed by atoms with van der Waals surface area (Å²) in [5, 5.41) is 9.62. The Bertz CT molecular complexity index is 1000. The number of hydrogen-bond acceptors (Lipinski definition) is 3. The lowest BCUT2D eigenvalue weighted by Crippen LogP contribution is -2.22. The maximum absolute atomic E-state index is 13.0. The Labute approximate surface area is 199 Å². The zero-order valence-corrected chi connectivity index (χ0v) is 18.8. The lowest BCUT2D eigenvalue weighted by Gasteiger charge is -2.22. The van der Waals surface area contributed by atoms with Crippen LogP contribution >= 0.6 is 0 Å². The number of aliphatic carboxylic acids is 1. The van der Waals surface area contributed by atoms with E-state index in [-0.39, 0.29) is 23.5 Å². The normalized spacial score (nSPS) is 13.6. The summed E-state index contributed by atoms with van der Waals surface area (Å²) in [7, 11) is 0. The molecule has 2 aromatic rings. The first-order valence-corrected chi connectivity index (χ1v) is 10.3. The van der Waals surface area contributed by atoms with Crippen LogP contribution < -0.4 is 9.47 Å². The molecule has 0 aliphatic rings. The number of carbonyl (C=O) groups is 1. The van der Waals surface area contributed by atoms with E-state index in [2.05, 4.69) is 0 Å². The van der Waals surface area contributed by atoms with Crippen molar-refractivity contribution in [2.45, 2.75) is 44.7 Å². The SMILES string of the molecule is CC(C)CC(C(=O)O)c1cc(OCC(F)(F)F)c(-c2ccc(C(F)(F)F)cc2)c(OCC(F)(F)F)c1. The van der Waals surface area contributed by atoms with Crippen LogP contribution in [-0.4, -0.2) is 36.6 Å². The second-order valence-electron chi connectivity index (χ2n) is 8.30. The Kier molecular flexibility index (Phi) is 8.79. The predicted octanol–water partition coefficient (Wildman–Crippen LogP) is 7.47. The van der Waals surface area contributed by atoms with Gasteiger partial charge in [-0.3, -0.25) is 4.79 Å². The Hall–Kier alpha value is -3.12. The van der Waals surface area contributed by atoms with Gasteiger partial charge in [0.2, 0.25) is 0 Å². The third-order valence-corrected chi connectivity index (χ3v) is 4.78. The van der Waals surface area contributed by atoms with Crippen LogP contribution in [0.3, 0.4) is 0 Å². The largest absolute Gasteiger partial charge is 0.483 e. The van der Waals surface area contributed by atoms with Gasteiger partial charge in [-0.2, -0.15) is 39.5 Å². The van der Waals surface area contributed by atoms with Gasteiger partial charge >= 0.3 is 24.5 Å². The minimum Gasteiger partial charge on any atom is -0.483 e. The molecule has 0 radical (unpaired) electrons. The van der Waals surface area contributed by atoms with Gasteiger partial charge in [0.1, 0.15) is 11.5 Å². The molecule has 1 unspecified atom stereocenters. The summed E-state index contributed by atoms with van der Waals surface area (Å²) >= 11 is 0. The van der Waals surface area contributed by atoms with Gasteiger partial charge in [0.25, 0.3) is 0 Å². The van der Waals surface area contributed by atoms with Crippen LogP contribution in [0.1, 0.15) is 37.3 Å². The minimum absolute atomic E-state index is 0.0214. The molecular weight excluding hydrogens is 511 g/mol. The van der Waals surface area contributed by atoms with Gasteiger partial charge in [-0.1, -0.05) is 26.0 Å². The summed E-state index contributed by atoms with van der Waals surface area (Å²) < 4.78 is 126. The molecule has 0 aliphatic heterocycles. The lowest BCUT2D eigenvalue weighted by atomic mass is 9.88. The summed E-state index contributed by atoms with van der Waals surface area (Å²) in [6.07, 6.45) is -14.5. The third kappa shape index (κ3) is 8.52. The molecule has 200 valence electrons. The fourth-order valence-corrected chi connectivity index (χ4v) is 3.32.